The molecular formula is C17H28O2. The molecule has 0 heterocycles. The summed E-state index contributed by atoms with van der Waals surface area (Å²) in [6.07, 6.45) is 1.12. The molecule has 0 unspecified atom stereocenters. The summed E-state index contributed by atoms with van der Waals surface area (Å²) in [7, 11) is 0. The van der Waals surface area contributed by atoms with Crippen molar-refractivity contribution >= 4 is 0 Å². The number of rotatable bonds is 7. The van der Waals surface area contributed by atoms with E-state index in [1.807, 2.05) is 0 Å². The number of hydrogen-bond donors (Lipinski definition) is 0. The lowest BCUT2D eigenvalue weighted by Gasteiger charge is -2.19. The maximum Gasteiger partial charge on any atom is 0.0724 e. The molecule has 0 aliphatic rings. The van der Waals surface area contributed by atoms with Gasteiger partial charge in [0.1, 0.15) is 0 Å². The second-order valence-corrected chi connectivity index (χ2v) is 6.45. The van der Waals surface area contributed by atoms with Crippen molar-refractivity contribution in [3.8, 4) is 0 Å². The zero-order chi connectivity index (χ0) is 14.3. The van der Waals surface area contributed by atoms with Crippen molar-refractivity contribution in [2.45, 2.75) is 59.9 Å². The van der Waals surface area contributed by atoms with Gasteiger partial charge in [-0.25, -0.2) is 0 Å². The Balaban J connectivity index is 2.31. The molecule has 0 saturated heterocycles. The van der Waals surface area contributed by atoms with Crippen LogP contribution in [-0.2, 0) is 22.7 Å². The highest BCUT2D eigenvalue weighted by Crippen LogP contribution is 2.13. The Morgan fingerprint density at radius 1 is 0.947 bits per heavy atom. The Morgan fingerprint density at radius 3 is 1.95 bits per heavy atom. The Kier molecular flexibility index (Phi) is 6.53. The van der Waals surface area contributed by atoms with Crippen molar-refractivity contribution in [1.82, 2.24) is 0 Å². The number of ether oxygens (including phenoxy) is 2. The minimum absolute atomic E-state index is 0.0847. The lowest BCUT2D eigenvalue weighted by Crippen LogP contribution is -2.18. The topological polar surface area (TPSA) is 18.5 Å². The van der Waals surface area contributed by atoms with E-state index in [0.717, 1.165) is 13.0 Å². The molecule has 0 amide bonds. The van der Waals surface area contributed by atoms with Crippen LogP contribution < -0.4 is 0 Å². The van der Waals surface area contributed by atoms with E-state index in [1.54, 1.807) is 0 Å². The second-order valence-electron chi connectivity index (χ2n) is 6.45. The predicted molar refractivity (Wildman–Crippen MR) is 80.1 cm³/mol. The van der Waals surface area contributed by atoms with Gasteiger partial charge in [0.15, 0.2) is 0 Å². The summed E-state index contributed by atoms with van der Waals surface area (Å²) in [4.78, 5) is 0. The summed E-state index contributed by atoms with van der Waals surface area (Å²) in [5, 5.41) is 0. The zero-order valence-electron chi connectivity index (χ0n) is 13.0. The first kappa shape index (κ1) is 16.2. The van der Waals surface area contributed by atoms with E-state index in [9.17, 15) is 0 Å². The van der Waals surface area contributed by atoms with Crippen LogP contribution in [0, 0.1) is 5.92 Å². The summed E-state index contributed by atoms with van der Waals surface area (Å²) in [5.41, 5.74) is 2.35. The molecule has 108 valence electrons. The molecule has 0 atom stereocenters. The molecule has 1 rings (SSSR count). The smallest absolute Gasteiger partial charge is 0.0724 e. The van der Waals surface area contributed by atoms with Crippen molar-refractivity contribution in [3.05, 3.63) is 35.4 Å². The molecule has 0 aromatic heterocycles. The van der Waals surface area contributed by atoms with Gasteiger partial charge in [0.2, 0.25) is 0 Å². The fraction of sp³-hybridized carbons (Fsp3) is 0.647. The first-order valence-corrected chi connectivity index (χ1v) is 7.16. The first-order chi connectivity index (χ1) is 8.87. The van der Waals surface area contributed by atoms with Gasteiger partial charge in [-0.05, 0) is 44.2 Å². The molecule has 1 aromatic rings. The normalized spacial score (nSPS) is 12.1. The van der Waals surface area contributed by atoms with Crippen LogP contribution in [0.3, 0.4) is 0 Å². The van der Waals surface area contributed by atoms with Crippen LogP contribution in [0.4, 0.5) is 0 Å². The average molecular weight is 264 g/mol. The third kappa shape index (κ3) is 8.02. The fourth-order valence-electron chi connectivity index (χ4n) is 1.54. The SMILES string of the molecule is CC(C)CCOCc1ccc(COC(C)(C)C)cc1. The van der Waals surface area contributed by atoms with Crippen LogP contribution in [-0.4, -0.2) is 12.2 Å². The molecule has 0 aliphatic heterocycles. The van der Waals surface area contributed by atoms with Gasteiger partial charge in [0.25, 0.3) is 0 Å². The van der Waals surface area contributed by atoms with Crippen LogP contribution in [0.15, 0.2) is 24.3 Å². The van der Waals surface area contributed by atoms with E-state index in [0.29, 0.717) is 19.1 Å². The van der Waals surface area contributed by atoms with Crippen LogP contribution in [0.25, 0.3) is 0 Å². The van der Waals surface area contributed by atoms with Gasteiger partial charge >= 0.3 is 0 Å². The third-order valence-corrected chi connectivity index (χ3v) is 2.80. The van der Waals surface area contributed by atoms with Gasteiger partial charge < -0.3 is 9.47 Å². The maximum atomic E-state index is 5.75. The van der Waals surface area contributed by atoms with Gasteiger partial charge in [-0.1, -0.05) is 38.1 Å². The Morgan fingerprint density at radius 2 is 1.47 bits per heavy atom. The van der Waals surface area contributed by atoms with Gasteiger partial charge in [-0.3, -0.25) is 0 Å². The summed E-state index contributed by atoms with van der Waals surface area (Å²) in [5.74, 6) is 0.705. The van der Waals surface area contributed by atoms with Crippen molar-refractivity contribution in [2.75, 3.05) is 6.61 Å². The molecule has 0 saturated carbocycles. The van der Waals surface area contributed by atoms with E-state index in [2.05, 4.69) is 58.9 Å². The lowest BCUT2D eigenvalue weighted by atomic mass is 10.1. The van der Waals surface area contributed by atoms with E-state index in [1.165, 1.54) is 11.1 Å². The van der Waals surface area contributed by atoms with Crippen LogP contribution >= 0.6 is 0 Å². The largest absolute Gasteiger partial charge is 0.377 e. The molecule has 19 heavy (non-hydrogen) atoms. The summed E-state index contributed by atoms with van der Waals surface area (Å²) < 4.78 is 11.4. The Hall–Kier alpha value is -0.860. The van der Waals surface area contributed by atoms with Gasteiger partial charge in [0.05, 0.1) is 18.8 Å². The fourth-order valence-corrected chi connectivity index (χ4v) is 1.54. The van der Waals surface area contributed by atoms with Gasteiger partial charge in [0, 0.05) is 6.61 Å². The average Bonchev–Trinajstić information content (AvgIpc) is 2.32. The van der Waals surface area contributed by atoms with E-state index in [4.69, 9.17) is 9.47 Å². The summed E-state index contributed by atoms with van der Waals surface area (Å²) in [6.45, 7) is 12.9. The minimum atomic E-state index is -0.0847. The molecule has 1 aromatic carbocycles. The van der Waals surface area contributed by atoms with Crippen LogP contribution in [0.1, 0.15) is 52.2 Å². The van der Waals surface area contributed by atoms with E-state index < -0.39 is 0 Å². The molecule has 0 fully saturated rings. The molecule has 2 nitrogen and oxygen atoms in total. The Labute approximate surface area is 118 Å². The lowest BCUT2D eigenvalue weighted by molar-refractivity contribution is -0.0149. The summed E-state index contributed by atoms with van der Waals surface area (Å²) >= 11 is 0. The minimum Gasteiger partial charge on any atom is -0.377 e. The molecule has 0 spiro atoms. The monoisotopic (exact) mass is 264 g/mol. The Bertz CT molecular complexity index is 347. The third-order valence-electron chi connectivity index (χ3n) is 2.80. The maximum absolute atomic E-state index is 5.75. The highest BCUT2D eigenvalue weighted by Gasteiger charge is 2.09. The molecule has 2 heteroatoms. The molecule has 0 aliphatic carbocycles. The molecule has 0 bridgehead atoms. The molecular weight excluding hydrogens is 236 g/mol. The second kappa shape index (κ2) is 7.66. The van der Waals surface area contributed by atoms with Crippen molar-refractivity contribution in [3.63, 3.8) is 0 Å². The summed E-state index contributed by atoms with van der Waals surface area (Å²) in [6, 6.07) is 8.48. The van der Waals surface area contributed by atoms with Crippen molar-refractivity contribution < 1.29 is 9.47 Å². The van der Waals surface area contributed by atoms with Gasteiger partial charge in [-0.2, -0.15) is 0 Å². The van der Waals surface area contributed by atoms with Crippen LogP contribution in [0.5, 0.6) is 0 Å². The van der Waals surface area contributed by atoms with Crippen LogP contribution in [0.2, 0.25) is 0 Å². The predicted octanol–water partition coefficient (Wildman–Crippen LogP) is 4.56. The molecule has 0 N–H and O–H groups in total. The highest BCUT2D eigenvalue weighted by molar-refractivity contribution is 5.21. The number of hydrogen-bond acceptors (Lipinski definition) is 2. The first-order valence-electron chi connectivity index (χ1n) is 7.16. The highest BCUT2D eigenvalue weighted by atomic mass is 16.5. The quantitative estimate of drug-likeness (QED) is 0.672. The number of benzene rings is 1. The van der Waals surface area contributed by atoms with Crippen molar-refractivity contribution in [1.29, 1.82) is 0 Å². The van der Waals surface area contributed by atoms with E-state index in [-0.39, 0.29) is 5.60 Å². The van der Waals surface area contributed by atoms with E-state index >= 15 is 0 Å². The van der Waals surface area contributed by atoms with Gasteiger partial charge in [-0.15, -0.1) is 0 Å². The standard InChI is InChI=1S/C17H28O2/c1-14(2)10-11-18-12-15-6-8-16(9-7-15)13-19-17(3,4)5/h6-9,14H,10-13H2,1-5H3. The molecule has 0 radical (unpaired) electrons. The van der Waals surface area contributed by atoms with Crippen molar-refractivity contribution in [2.24, 2.45) is 5.92 Å². The zero-order valence-corrected chi connectivity index (χ0v) is 13.0.